The molecule has 1 atom stereocenters. The van der Waals surface area contributed by atoms with E-state index in [9.17, 15) is 4.79 Å². The van der Waals surface area contributed by atoms with Crippen molar-refractivity contribution in [2.75, 3.05) is 19.8 Å². The van der Waals surface area contributed by atoms with Gasteiger partial charge in [0.15, 0.2) is 0 Å². The van der Waals surface area contributed by atoms with Gasteiger partial charge in [-0.1, -0.05) is 11.6 Å². The van der Waals surface area contributed by atoms with Gasteiger partial charge in [0.1, 0.15) is 5.01 Å². The Morgan fingerprint density at radius 1 is 1.57 bits per heavy atom. The molecule has 5 nitrogen and oxygen atoms in total. The Balaban J connectivity index is 1.54. The van der Waals surface area contributed by atoms with E-state index in [0.717, 1.165) is 21.8 Å². The number of benzene rings is 1. The van der Waals surface area contributed by atoms with E-state index in [0.29, 0.717) is 31.2 Å². The lowest BCUT2D eigenvalue weighted by molar-refractivity contribution is -0.122. The summed E-state index contributed by atoms with van der Waals surface area (Å²) < 4.78 is 6.41. The Hall–Kier alpha value is -1.21. The Morgan fingerprint density at radius 2 is 2.48 bits per heavy atom. The number of aromatic nitrogens is 1. The van der Waals surface area contributed by atoms with Crippen molar-refractivity contribution in [2.45, 2.75) is 19.0 Å². The summed E-state index contributed by atoms with van der Waals surface area (Å²) >= 11 is 7.51. The zero-order chi connectivity index (χ0) is 14.7. The van der Waals surface area contributed by atoms with Crippen LogP contribution in [0.4, 0.5) is 0 Å². The number of hydrogen-bond acceptors (Lipinski definition) is 5. The smallest absolute Gasteiger partial charge is 0.222 e. The number of rotatable bonds is 4. The number of thiazole rings is 1. The van der Waals surface area contributed by atoms with Crippen LogP contribution in [0.5, 0.6) is 0 Å². The van der Waals surface area contributed by atoms with Crippen LogP contribution < -0.4 is 10.6 Å². The predicted molar refractivity (Wildman–Crippen MR) is 83.7 cm³/mol. The lowest BCUT2D eigenvalue weighted by Gasteiger charge is -2.23. The molecule has 1 amide bonds. The summed E-state index contributed by atoms with van der Waals surface area (Å²) in [5.74, 6) is 0.00953. The third-order valence-corrected chi connectivity index (χ3v) is 4.53. The molecule has 1 aliphatic rings. The zero-order valence-electron chi connectivity index (χ0n) is 11.4. The minimum Gasteiger partial charge on any atom is -0.378 e. The van der Waals surface area contributed by atoms with Crippen molar-refractivity contribution >= 4 is 39.1 Å². The number of ether oxygens (including phenoxy) is 1. The van der Waals surface area contributed by atoms with E-state index in [-0.39, 0.29) is 11.9 Å². The van der Waals surface area contributed by atoms with E-state index < -0.39 is 0 Å². The topological polar surface area (TPSA) is 63.2 Å². The third kappa shape index (κ3) is 3.91. The molecule has 1 fully saturated rings. The Bertz CT molecular complexity index is 640. The molecule has 0 spiro atoms. The van der Waals surface area contributed by atoms with Crippen molar-refractivity contribution in [1.82, 2.24) is 15.6 Å². The SMILES string of the molecule is O=C(CC1COCCN1)NCc1nc2cc(Cl)ccc2s1. The molecule has 112 valence electrons. The normalized spacial score (nSPS) is 18.8. The van der Waals surface area contributed by atoms with Crippen LogP contribution in [0, 0.1) is 0 Å². The highest BCUT2D eigenvalue weighted by molar-refractivity contribution is 7.18. The molecule has 2 N–H and O–H groups in total. The quantitative estimate of drug-likeness (QED) is 0.902. The average molecular weight is 326 g/mol. The van der Waals surface area contributed by atoms with Gasteiger partial charge in [-0.15, -0.1) is 11.3 Å². The van der Waals surface area contributed by atoms with Gasteiger partial charge in [-0.25, -0.2) is 4.98 Å². The molecule has 0 bridgehead atoms. The maximum absolute atomic E-state index is 11.9. The van der Waals surface area contributed by atoms with Gasteiger partial charge in [-0.2, -0.15) is 0 Å². The molecule has 0 radical (unpaired) electrons. The number of carbonyl (C=O) groups excluding carboxylic acids is 1. The van der Waals surface area contributed by atoms with Crippen LogP contribution in [0.2, 0.25) is 5.02 Å². The van der Waals surface area contributed by atoms with Crippen molar-refractivity contribution in [3.05, 3.63) is 28.2 Å². The maximum atomic E-state index is 11.9. The van der Waals surface area contributed by atoms with Crippen LogP contribution in [0.1, 0.15) is 11.4 Å². The number of nitrogens with zero attached hydrogens (tertiary/aromatic N) is 1. The van der Waals surface area contributed by atoms with Crippen molar-refractivity contribution in [3.63, 3.8) is 0 Å². The van der Waals surface area contributed by atoms with Crippen LogP contribution in [0.3, 0.4) is 0 Å². The van der Waals surface area contributed by atoms with Gasteiger partial charge < -0.3 is 15.4 Å². The Morgan fingerprint density at radius 3 is 3.29 bits per heavy atom. The fourth-order valence-corrected chi connectivity index (χ4v) is 3.30. The van der Waals surface area contributed by atoms with Crippen LogP contribution in [-0.2, 0) is 16.1 Å². The summed E-state index contributed by atoms with van der Waals surface area (Å²) in [6, 6.07) is 5.73. The van der Waals surface area contributed by atoms with Crippen molar-refractivity contribution in [3.8, 4) is 0 Å². The molecule has 2 aromatic rings. The van der Waals surface area contributed by atoms with Gasteiger partial charge in [0.05, 0.1) is 30.0 Å². The molecule has 1 aromatic heterocycles. The first-order valence-electron chi connectivity index (χ1n) is 6.83. The Kier molecular flexibility index (Phi) is 4.70. The monoisotopic (exact) mass is 325 g/mol. The minimum absolute atomic E-state index is 0.00953. The Labute approximate surface area is 131 Å². The number of amides is 1. The summed E-state index contributed by atoms with van der Waals surface area (Å²) in [5.41, 5.74) is 0.874. The number of carbonyl (C=O) groups is 1. The first kappa shape index (κ1) is 14.7. The van der Waals surface area contributed by atoms with E-state index in [4.69, 9.17) is 16.3 Å². The molecular weight excluding hydrogens is 310 g/mol. The van der Waals surface area contributed by atoms with Crippen molar-refractivity contribution in [1.29, 1.82) is 0 Å². The fourth-order valence-electron chi connectivity index (χ4n) is 2.24. The maximum Gasteiger partial charge on any atom is 0.222 e. The van der Waals surface area contributed by atoms with E-state index in [1.54, 1.807) is 11.3 Å². The standard InChI is InChI=1S/C14H16ClN3O2S/c15-9-1-2-12-11(5-9)18-14(21-12)7-17-13(19)6-10-8-20-4-3-16-10/h1-2,5,10,16H,3-4,6-8H2,(H,17,19). The molecule has 1 aromatic carbocycles. The van der Waals surface area contributed by atoms with Crippen molar-refractivity contribution in [2.24, 2.45) is 0 Å². The number of fused-ring (bicyclic) bond motifs is 1. The minimum atomic E-state index is 0.00953. The second-order valence-electron chi connectivity index (χ2n) is 4.93. The van der Waals surface area contributed by atoms with Gasteiger partial charge in [-0.05, 0) is 18.2 Å². The molecule has 7 heteroatoms. The molecule has 2 heterocycles. The van der Waals surface area contributed by atoms with Crippen LogP contribution in [0.15, 0.2) is 18.2 Å². The highest BCUT2D eigenvalue weighted by atomic mass is 35.5. The number of hydrogen-bond donors (Lipinski definition) is 2. The molecule has 3 rings (SSSR count). The zero-order valence-corrected chi connectivity index (χ0v) is 13.0. The number of halogens is 1. The lowest BCUT2D eigenvalue weighted by Crippen LogP contribution is -2.44. The van der Waals surface area contributed by atoms with Crippen molar-refractivity contribution < 1.29 is 9.53 Å². The molecule has 0 aliphatic carbocycles. The van der Waals surface area contributed by atoms with Gasteiger partial charge in [0.2, 0.25) is 5.91 Å². The summed E-state index contributed by atoms with van der Waals surface area (Å²) in [6.07, 6.45) is 0.427. The van der Waals surface area contributed by atoms with Gasteiger partial charge in [0.25, 0.3) is 0 Å². The highest BCUT2D eigenvalue weighted by Gasteiger charge is 2.16. The molecular formula is C14H16ClN3O2S. The summed E-state index contributed by atoms with van der Waals surface area (Å²) in [4.78, 5) is 16.4. The number of nitrogens with one attached hydrogen (secondary N) is 2. The highest BCUT2D eigenvalue weighted by Crippen LogP contribution is 2.24. The van der Waals surface area contributed by atoms with Gasteiger partial charge in [-0.3, -0.25) is 4.79 Å². The van der Waals surface area contributed by atoms with E-state index in [1.165, 1.54) is 0 Å². The second-order valence-corrected chi connectivity index (χ2v) is 6.48. The van der Waals surface area contributed by atoms with E-state index >= 15 is 0 Å². The van der Waals surface area contributed by atoms with Crippen LogP contribution in [-0.4, -0.2) is 36.7 Å². The summed E-state index contributed by atoms with van der Waals surface area (Å²) in [5, 5.41) is 7.72. The molecule has 1 saturated heterocycles. The fraction of sp³-hybridized carbons (Fsp3) is 0.429. The molecule has 0 saturated carbocycles. The van der Waals surface area contributed by atoms with Gasteiger partial charge >= 0.3 is 0 Å². The lowest BCUT2D eigenvalue weighted by atomic mass is 10.2. The predicted octanol–water partition coefficient (Wildman–Crippen LogP) is 1.94. The first-order chi connectivity index (χ1) is 10.2. The number of morpholine rings is 1. The van der Waals surface area contributed by atoms with E-state index in [2.05, 4.69) is 15.6 Å². The second kappa shape index (κ2) is 6.70. The summed E-state index contributed by atoms with van der Waals surface area (Å²) in [6.45, 7) is 2.55. The van der Waals surface area contributed by atoms with Gasteiger partial charge in [0, 0.05) is 24.0 Å². The average Bonchev–Trinajstić information content (AvgIpc) is 2.88. The molecule has 21 heavy (non-hydrogen) atoms. The molecule has 1 unspecified atom stereocenters. The third-order valence-electron chi connectivity index (χ3n) is 3.26. The first-order valence-corrected chi connectivity index (χ1v) is 8.03. The summed E-state index contributed by atoms with van der Waals surface area (Å²) in [7, 11) is 0. The van der Waals surface area contributed by atoms with Crippen LogP contribution in [0.25, 0.3) is 10.2 Å². The molecule has 1 aliphatic heterocycles. The van der Waals surface area contributed by atoms with E-state index in [1.807, 2.05) is 18.2 Å². The van der Waals surface area contributed by atoms with Crippen LogP contribution >= 0.6 is 22.9 Å². The largest absolute Gasteiger partial charge is 0.378 e.